The smallest absolute Gasteiger partial charge is 0.283 e. The number of rotatable bonds is 6. The van der Waals surface area contributed by atoms with Crippen molar-refractivity contribution in [3.63, 3.8) is 0 Å². The van der Waals surface area contributed by atoms with Crippen molar-refractivity contribution >= 4 is 21.6 Å². The Morgan fingerprint density at radius 2 is 2.38 bits per heavy atom. The number of hydrogen-bond acceptors (Lipinski definition) is 5. The number of piperidine rings is 1. The Kier molecular flexibility index (Phi) is 6.20. The summed E-state index contributed by atoms with van der Waals surface area (Å²) in [4.78, 5) is 14.4. The molecule has 0 saturated carbocycles. The SMILES string of the molecule is CCCNC1CCCN(c2cnn(CCO)c(=O)c2Br)C1. The second-order valence-electron chi connectivity index (χ2n) is 5.33. The van der Waals surface area contributed by atoms with Crippen molar-refractivity contribution in [2.45, 2.75) is 38.8 Å². The molecule has 0 radical (unpaired) electrons. The van der Waals surface area contributed by atoms with E-state index < -0.39 is 0 Å². The maximum Gasteiger partial charge on any atom is 0.283 e. The van der Waals surface area contributed by atoms with Crippen LogP contribution in [-0.4, -0.2) is 47.2 Å². The average Bonchev–Trinajstić information content (AvgIpc) is 2.50. The molecule has 0 amide bonds. The zero-order valence-corrected chi connectivity index (χ0v) is 14.0. The molecule has 0 aliphatic carbocycles. The highest BCUT2D eigenvalue weighted by Gasteiger charge is 2.22. The monoisotopic (exact) mass is 358 g/mol. The molecule has 0 aromatic carbocycles. The van der Waals surface area contributed by atoms with Crippen LogP contribution in [0, 0.1) is 0 Å². The Morgan fingerprint density at radius 3 is 3.10 bits per heavy atom. The van der Waals surface area contributed by atoms with E-state index in [4.69, 9.17) is 5.11 Å². The second-order valence-corrected chi connectivity index (χ2v) is 6.13. The first kappa shape index (κ1) is 16.5. The molecule has 2 rings (SSSR count). The lowest BCUT2D eigenvalue weighted by atomic mass is 10.1. The lowest BCUT2D eigenvalue weighted by Crippen LogP contribution is -2.46. The Labute approximate surface area is 133 Å². The molecule has 118 valence electrons. The number of anilines is 1. The number of aromatic nitrogens is 2. The van der Waals surface area contributed by atoms with E-state index in [1.807, 2.05) is 0 Å². The van der Waals surface area contributed by atoms with Gasteiger partial charge in [-0.25, -0.2) is 4.68 Å². The second kappa shape index (κ2) is 7.91. The van der Waals surface area contributed by atoms with Gasteiger partial charge in [-0.1, -0.05) is 6.92 Å². The highest BCUT2D eigenvalue weighted by atomic mass is 79.9. The number of nitrogens with one attached hydrogen (secondary N) is 1. The van der Waals surface area contributed by atoms with Gasteiger partial charge in [-0.15, -0.1) is 0 Å². The molecule has 2 heterocycles. The van der Waals surface area contributed by atoms with Crippen LogP contribution < -0.4 is 15.8 Å². The van der Waals surface area contributed by atoms with E-state index in [2.05, 4.69) is 38.2 Å². The van der Waals surface area contributed by atoms with E-state index >= 15 is 0 Å². The van der Waals surface area contributed by atoms with Crippen molar-refractivity contribution in [2.75, 3.05) is 31.1 Å². The quantitative estimate of drug-likeness (QED) is 0.792. The van der Waals surface area contributed by atoms with Crippen molar-refractivity contribution in [1.29, 1.82) is 0 Å². The molecule has 21 heavy (non-hydrogen) atoms. The number of hydrogen-bond donors (Lipinski definition) is 2. The summed E-state index contributed by atoms with van der Waals surface area (Å²) in [5, 5.41) is 16.6. The van der Waals surface area contributed by atoms with Crippen LogP contribution in [0.4, 0.5) is 5.69 Å². The highest BCUT2D eigenvalue weighted by Crippen LogP contribution is 2.25. The Hall–Kier alpha value is -0.920. The molecular weight excluding hydrogens is 336 g/mol. The van der Waals surface area contributed by atoms with Crippen LogP contribution in [0.1, 0.15) is 26.2 Å². The molecule has 0 bridgehead atoms. The summed E-state index contributed by atoms with van der Waals surface area (Å²) in [7, 11) is 0. The van der Waals surface area contributed by atoms with Crippen LogP contribution in [0.2, 0.25) is 0 Å². The van der Waals surface area contributed by atoms with Gasteiger partial charge in [0.05, 0.1) is 25.0 Å². The highest BCUT2D eigenvalue weighted by molar-refractivity contribution is 9.10. The third-order valence-electron chi connectivity index (χ3n) is 3.72. The Bertz CT molecular complexity index is 520. The van der Waals surface area contributed by atoms with Gasteiger partial charge in [-0.2, -0.15) is 5.10 Å². The van der Waals surface area contributed by atoms with E-state index in [1.165, 1.54) is 11.1 Å². The molecule has 7 heteroatoms. The van der Waals surface area contributed by atoms with E-state index in [9.17, 15) is 4.79 Å². The molecule has 0 spiro atoms. The van der Waals surface area contributed by atoms with Crippen LogP contribution in [0.25, 0.3) is 0 Å². The first-order chi connectivity index (χ1) is 10.2. The molecule has 1 atom stereocenters. The van der Waals surface area contributed by atoms with Gasteiger partial charge in [0.2, 0.25) is 0 Å². The molecule has 2 N–H and O–H groups in total. The van der Waals surface area contributed by atoms with Crippen molar-refractivity contribution in [1.82, 2.24) is 15.1 Å². The van der Waals surface area contributed by atoms with Gasteiger partial charge in [-0.05, 0) is 41.7 Å². The van der Waals surface area contributed by atoms with E-state index in [1.54, 1.807) is 6.20 Å². The van der Waals surface area contributed by atoms with Gasteiger partial charge in [0, 0.05) is 19.1 Å². The van der Waals surface area contributed by atoms with E-state index in [0.717, 1.165) is 38.2 Å². The van der Waals surface area contributed by atoms with Gasteiger partial charge in [0.15, 0.2) is 0 Å². The average molecular weight is 359 g/mol. The lowest BCUT2D eigenvalue weighted by molar-refractivity contribution is 0.266. The van der Waals surface area contributed by atoms with Crippen molar-refractivity contribution in [3.8, 4) is 0 Å². The minimum Gasteiger partial charge on any atom is -0.394 e. The summed E-state index contributed by atoms with van der Waals surface area (Å²) in [6.07, 6.45) is 5.11. The van der Waals surface area contributed by atoms with Crippen molar-refractivity contribution in [3.05, 3.63) is 21.0 Å². The fourth-order valence-corrected chi connectivity index (χ4v) is 3.20. The van der Waals surface area contributed by atoms with Gasteiger partial charge in [-0.3, -0.25) is 4.79 Å². The van der Waals surface area contributed by atoms with Crippen molar-refractivity contribution in [2.24, 2.45) is 0 Å². The maximum atomic E-state index is 12.2. The molecule has 1 fully saturated rings. The van der Waals surface area contributed by atoms with Crippen LogP contribution in [0.15, 0.2) is 15.5 Å². The largest absolute Gasteiger partial charge is 0.394 e. The normalized spacial score (nSPS) is 19.0. The van der Waals surface area contributed by atoms with Crippen LogP contribution >= 0.6 is 15.9 Å². The summed E-state index contributed by atoms with van der Waals surface area (Å²) in [6.45, 7) is 5.15. The van der Waals surface area contributed by atoms with E-state index in [0.29, 0.717) is 10.5 Å². The maximum absolute atomic E-state index is 12.2. The molecule has 6 nitrogen and oxygen atoms in total. The molecule has 1 aromatic rings. The Morgan fingerprint density at radius 1 is 1.57 bits per heavy atom. The summed E-state index contributed by atoms with van der Waals surface area (Å²) in [6, 6.07) is 0.463. The van der Waals surface area contributed by atoms with Gasteiger partial charge < -0.3 is 15.3 Å². The summed E-state index contributed by atoms with van der Waals surface area (Å²) < 4.78 is 1.81. The topological polar surface area (TPSA) is 70.4 Å². The predicted octanol–water partition coefficient (Wildman–Crippen LogP) is 0.966. The zero-order chi connectivity index (χ0) is 15.2. The molecule has 1 aromatic heterocycles. The van der Waals surface area contributed by atoms with Crippen LogP contribution in [-0.2, 0) is 6.54 Å². The number of nitrogens with zero attached hydrogens (tertiary/aromatic N) is 3. The van der Waals surface area contributed by atoms with Gasteiger partial charge in [0.25, 0.3) is 5.56 Å². The first-order valence-corrected chi connectivity index (χ1v) is 8.31. The van der Waals surface area contributed by atoms with E-state index in [-0.39, 0.29) is 18.7 Å². The molecule has 1 aliphatic heterocycles. The van der Waals surface area contributed by atoms with Gasteiger partial charge in [0.1, 0.15) is 4.47 Å². The molecular formula is C14H23BrN4O2. The summed E-state index contributed by atoms with van der Waals surface area (Å²) in [5.74, 6) is 0. The lowest BCUT2D eigenvalue weighted by Gasteiger charge is -2.35. The summed E-state index contributed by atoms with van der Waals surface area (Å²) in [5.41, 5.74) is 0.655. The first-order valence-electron chi connectivity index (χ1n) is 7.52. The fraction of sp³-hybridized carbons (Fsp3) is 0.714. The van der Waals surface area contributed by atoms with Crippen molar-refractivity contribution < 1.29 is 5.11 Å². The zero-order valence-electron chi connectivity index (χ0n) is 12.4. The van der Waals surface area contributed by atoms with Crippen LogP contribution in [0.3, 0.4) is 0 Å². The van der Waals surface area contributed by atoms with Crippen LogP contribution in [0.5, 0.6) is 0 Å². The number of halogens is 1. The standard InChI is InChI=1S/C14H23BrN4O2/c1-2-5-16-11-4-3-6-18(10-11)12-9-17-19(7-8-20)14(21)13(12)15/h9,11,16,20H,2-8,10H2,1H3. The van der Waals surface area contributed by atoms with Gasteiger partial charge >= 0.3 is 0 Å². The summed E-state index contributed by atoms with van der Waals surface area (Å²) >= 11 is 3.39. The predicted molar refractivity (Wildman–Crippen MR) is 86.8 cm³/mol. The molecule has 1 aliphatic rings. The number of aliphatic hydroxyl groups is 1. The Balaban J connectivity index is 2.14. The minimum absolute atomic E-state index is 0.0918. The minimum atomic E-state index is -0.190. The molecule has 1 saturated heterocycles. The third kappa shape index (κ3) is 4.05. The number of aliphatic hydroxyl groups excluding tert-OH is 1. The molecule has 1 unspecified atom stereocenters. The fourth-order valence-electron chi connectivity index (χ4n) is 2.64. The third-order valence-corrected chi connectivity index (χ3v) is 4.47.